The van der Waals surface area contributed by atoms with Crippen LogP contribution in [0.25, 0.3) is 11.3 Å². The highest BCUT2D eigenvalue weighted by Gasteiger charge is 2.26. The molecular formula is C18H21N3O2S. The van der Waals surface area contributed by atoms with Gasteiger partial charge >= 0.3 is 0 Å². The van der Waals surface area contributed by atoms with Gasteiger partial charge in [-0.1, -0.05) is 30.3 Å². The standard InChI is InChI=1S/C18H21N3O2S/c1-13(22)21-9-5-8-15(11-21)18(23)19-10-17-20-16(12-24-17)14-6-3-2-4-7-14/h2-4,6-7,12,15H,5,8-11H2,1H3,(H,19,23)/t15-/m0/s1. The van der Waals surface area contributed by atoms with Crippen molar-refractivity contribution >= 4 is 23.2 Å². The molecule has 24 heavy (non-hydrogen) atoms. The Kier molecular flexibility index (Phi) is 5.25. The van der Waals surface area contributed by atoms with E-state index in [1.807, 2.05) is 35.7 Å². The van der Waals surface area contributed by atoms with Crippen molar-refractivity contribution in [3.8, 4) is 11.3 Å². The molecule has 1 N–H and O–H groups in total. The van der Waals surface area contributed by atoms with E-state index in [-0.39, 0.29) is 17.7 Å². The third kappa shape index (κ3) is 4.00. The van der Waals surface area contributed by atoms with E-state index in [1.54, 1.807) is 23.2 Å². The van der Waals surface area contributed by atoms with Crippen LogP contribution in [0.5, 0.6) is 0 Å². The Morgan fingerprint density at radius 2 is 2.12 bits per heavy atom. The summed E-state index contributed by atoms with van der Waals surface area (Å²) >= 11 is 1.55. The van der Waals surface area contributed by atoms with Crippen molar-refractivity contribution in [2.75, 3.05) is 13.1 Å². The van der Waals surface area contributed by atoms with Crippen molar-refractivity contribution in [2.45, 2.75) is 26.3 Å². The Bertz CT molecular complexity index is 714. The first-order chi connectivity index (χ1) is 11.6. The number of hydrogen-bond acceptors (Lipinski definition) is 4. The number of piperidine rings is 1. The van der Waals surface area contributed by atoms with E-state index in [2.05, 4.69) is 10.3 Å². The molecule has 6 heteroatoms. The van der Waals surface area contributed by atoms with Crippen LogP contribution in [0.1, 0.15) is 24.8 Å². The maximum atomic E-state index is 12.3. The van der Waals surface area contributed by atoms with Gasteiger partial charge in [0.1, 0.15) is 5.01 Å². The average molecular weight is 343 g/mol. The highest BCUT2D eigenvalue weighted by molar-refractivity contribution is 7.09. The molecule has 1 aromatic heterocycles. The van der Waals surface area contributed by atoms with E-state index in [9.17, 15) is 9.59 Å². The summed E-state index contributed by atoms with van der Waals surface area (Å²) in [6.45, 7) is 3.27. The molecule has 0 radical (unpaired) electrons. The summed E-state index contributed by atoms with van der Waals surface area (Å²) in [4.78, 5) is 30.1. The lowest BCUT2D eigenvalue weighted by Crippen LogP contribution is -2.44. The van der Waals surface area contributed by atoms with Crippen LogP contribution < -0.4 is 5.32 Å². The first kappa shape index (κ1) is 16.6. The van der Waals surface area contributed by atoms with Gasteiger partial charge in [0.2, 0.25) is 11.8 Å². The fourth-order valence-corrected chi connectivity index (χ4v) is 3.66. The maximum absolute atomic E-state index is 12.3. The summed E-state index contributed by atoms with van der Waals surface area (Å²) in [6.07, 6.45) is 1.72. The molecule has 1 aliphatic heterocycles. The molecule has 1 saturated heterocycles. The minimum Gasteiger partial charge on any atom is -0.349 e. The molecular weight excluding hydrogens is 322 g/mol. The van der Waals surface area contributed by atoms with Gasteiger partial charge in [-0.25, -0.2) is 4.98 Å². The Balaban J connectivity index is 1.55. The predicted molar refractivity (Wildman–Crippen MR) is 94.4 cm³/mol. The molecule has 1 atom stereocenters. The Hall–Kier alpha value is -2.21. The van der Waals surface area contributed by atoms with Gasteiger partial charge < -0.3 is 10.2 Å². The molecule has 2 amide bonds. The van der Waals surface area contributed by atoms with Crippen molar-refractivity contribution in [2.24, 2.45) is 5.92 Å². The van der Waals surface area contributed by atoms with Crippen LogP contribution in [0.3, 0.4) is 0 Å². The molecule has 0 unspecified atom stereocenters. The number of hydrogen-bond donors (Lipinski definition) is 1. The fourth-order valence-electron chi connectivity index (χ4n) is 2.92. The molecule has 2 heterocycles. The molecule has 0 aliphatic carbocycles. The van der Waals surface area contributed by atoms with Crippen LogP contribution in [-0.4, -0.2) is 34.8 Å². The lowest BCUT2D eigenvalue weighted by Gasteiger charge is -2.31. The van der Waals surface area contributed by atoms with Crippen LogP contribution in [0.4, 0.5) is 0 Å². The minimum atomic E-state index is -0.115. The van der Waals surface area contributed by atoms with E-state index in [1.165, 1.54) is 0 Å². The number of carbonyl (C=O) groups is 2. The van der Waals surface area contributed by atoms with E-state index in [0.717, 1.165) is 35.7 Å². The Morgan fingerprint density at radius 3 is 2.88 bits per heavy atom. The number of likely N-dealkylation sites (tertiary alicyclic amines) is 1. The number of benzene rings is 1. The maximum Gasteiger partial charge on any atom is 0.225 e. The molecule has 0 bridgehead atoms. The number of carbonyl (C=O) groups excluding carboxylic acids is 2. The van der Waals surface area contributed by atoms with Crippen molar-refractivity contribution in [1.82, 2.24) is 15.2 Å². The number of amides is 2. The summed E-state index contributed by atoms with van der Waals surface area (Å²) in [5, 5.41) is 5.86. The first-order valence-corrected chi connectivity index (χ1v) is 9.04. The zero-order valence-electron chi connectivity index (χ0n) is 13.7. The van der Waals surface area contributed by atoms with E-state index in [4.69, 9.17) is 0 Å². The number of rotatable bonds is 4. The summed E-state index contributed by atoms with van der Waals surface area (Å²) < 4.78 is 0. The van der Waals surface area contributed by atoms with Gasteiger partial charge in [-0.3, -0.25) is 9.59 Å². The third-order valence-electron chi connectivity index (χ3n) is 4.27. The monoisotopic (exact) mass is 343 g/mol. The van der Waals surface area contributed by atoms with Crippen molar-refractivity contribution < 1.29 is 9.59 Å². The SMILES string of the molecule is CC(=O)N1CCC[C@H](C(=O)NCc2nc(-c3ccccc3)cs2)C1. The van der Waals surface area contributed by atoms with E-state index in [0.29, 0.717) is 13.1 Å². The molecule has 2 aromatic rings. The van der Waals surface area contributed by atoms with Crippen molar-refractivity contribution in [3.05, 3.63) is 40.7 Å². The van der Waals surface area contributed by atoms with Crippen LogP contribution in [0.15, 0.2) is 35.7 Å². The molecule has 1 aromatic carbocycles. The topological polar surface area (TPSA) is 62.3 Å². The number of aromatic nitrogens is 1. The van der Waals surface area contributed by atoms with Crippen molar-refractivity contribution in [3.63, 3.8) is 0 Å². The molecule has 1 fully saturated rings. The molecule has 3 rings (SSSR count). The number of nitrogens with zero attached hydrogens (tertiary/aromatic N) is 2. The first-order valence-electron chi connectivity index (χ1n) is 8.16. The van der Waals surface area contributed by atoms with Gasteiger partial charge in [-0.2, -0.15) is 0 Å². The largest absolute Gasteiger partial charge is 0.349 e. The van der Waals surface area contributed by atoms with Crippen molar-refractivity contribution in [1.29, 1.82) is 0 Å². The van der Waals surface area contributed by atoms with Gasteiger partial charge in [0.25, 0.3) is 0 Å². The number of thiazole rings is 1. The van der Waals surface area contributed by atoms with Gasteiger partial charge in [-0.05, 0) is 12.8 Å². The van der Waals surface area contributed by atoms with Crippen LogP contribution in [0, 0.1) is 5.92 Å². The van der Waals surface area contributed by atoms with Gasteiger partial charge in [0, 0.05) is 31.0 Å². The highest BCUT2D eigenvalue weighted by Crippen LogP contribution is 2.22. The third-order valence-corrected chi connectivity index (χ3v) is 5.12. The Morgan fingerprint density at radius 1 is 1.33 bits per heavy atom. The minimum absolute atomic E-state index is 0.0115. The molecule has 0 spiro atoms. The van der Waals surface area contributed by atoms with Gasteiger partial charge in [0.05, 0.1) is 18.2 Å². The van der Waals surface area contributed by atoms with Crippen LogP contribution in [-0.2, 0) is 16.1 Å². The highest BCUT2D eigenvalue weighted by atomic mass is 32.1. The summed E-state index contributed by atoms with van der Waals surface area (Å²) in [6, 6.07) is 10.00. The summed E-state index contributed by atoms with van der Waals surface area (Å²) in [7, 11) is 0. The lowest BCUT2D eigenvalue weighted by atomic mass is 9.97. The molecule has 0 saturated carbocycles. The molecule has 1 aliphatic rings. The zero-order valence-corrected chi connectivity index (χ0v) is 14.5. The van der Waals surface area contributed by atoms with E-state index >= 15 is 0 Å². The average Bonchev–Trinajstić information content (AvgIpc) is 3.09. The zero-order chi connectivity index (χ0) is 16.9. The van der Waals surface area contributed by atoms with E-state index < -0.39 is 0 Å². The predicted octanol–water partition coefficient (Wildman–Crippen LogP) is 2.68. The van der Waals surface area contributed by atoms with Crippen LogP contribution in [0.2, 0.25) is 0 Å². The molecule has 126 valence electrons. The fraction of sp³-hybridized carbons (Fsp3) is 0.389. The van der Waals surface area contributed by atoms with Gasteiger partial charge in [0.15, 0.2) is 0 Å². The second-order valence-corrected chi connectivity index (χ2v) is 6.96. The van der Waals surface area contributed by atoms with Crippen LogP contribution >= 0.6 is 11.3 Å². The molecule has 5 nitrogen and oxygen atoms in total. The van der Waals surface area contributed by atoms with Gasteiger partial charge in [-0.15, -0.1) is 11.3 Å². The second-order valence-electron chi connectivity index (χ2n) is 6.01. The smallest absolute Gasteiger partial charge is 0.225 e. The summed E-state index contributed by atoms with van der Waals surface area (Å²) in [5.41, 5.74) is 2.01. The lowest BCUT2D eigenvalue weighted by molar-refractivity contribution is -0.134. The normalized spacial score (nSPS) is 17.5. The quantitative estimate of drug-likeness (QED) is 0.928. The second kappa shape index (κ2) is 7.57. The Labute approximate surface area is 145 Å². The summed E-state index contributed by atoms with van der Waals surface area (Å²) in [5.74, 6) is -0.0615. The number of nitrogens with one attached hydrogen (secondary N) is 1.